The maximum absolute atomic E-state index is 11.5. The van der Waals surface area contributed by atoms with Gasteiger partial charge in [-0.2, -0.15) is 4.89 Å². The van der Waals surface area contributed by atoms with E-state index < -0.39 is 0 Å². The van der Waals surface area contributed by atoms with Crippen molar-refractivity contribution in [2.24, 2.45) is 5.41 Å². The van der Waals surface area contributed by atoms with E-state index in [1.807, 2.05) is 6.92 Å². The summed E-state index contributed by atoms with van der Waals surface area (Å²) in [6.07, 6.45) is 2.75. The average molecular weight is 246 g/mol. The predicted octanol–water partition coefficient (Wildman–Crippen LogP) is 2.24. The van der Waals surface area contributed by atoms with E-state index in [0.29, 0.717) is 0 Å². The lowest BCUT2D eigenvalue weighted by Gasteiger charge is -2.22. The lowest BCUT2D eigenvalue weighted by molar-refractivity contribution is -0.298. The minimum absolute atomic E-state index is 0.0422. The molecule has 0 aromatic rings. The molecule has 0 bridgehead atoms. The minimum Gasteiger partial charge on any atom is -0.298 e. The van der Waals surface area contributed by atoms with Crippen molar-refractivity contribution >= 4 is 16.2 Å². The zero-order chi connectivity index (χ0) is 12.8. The highest BCUT2D eigenvalue weighted by Gasteiger charge is 2.19. The van der Waals surface area contributed by atoms with E-state index in [2.05, 4.69) is 27.7 Å². The van der Waals surface area contributed by atoms with Crippen LogP contribution in [0.1, 0.15) is 53.9 Å². The first-order valence-corrected chi connectivity index (χ1v) is 7.29. The largest absolute Gasteiger partial charge is 0.341 e. The smallest absolute Gasteiger partial charge is 0.298 e. The molecule has 0 saturated heterocycles. The topological polar surface area (TPSA) is 35.5 Å². The summed E-state index contributed by atoms with van der Waals surface area (Å²) in [7, 11) is 0.831. The summed E-state index contributed by atoms with van der Waals surface area (Å²) in [5, 5.41) is 0. The molecule has 0 aromatic carbocycles. The van der Waals surface area contributed by atoms with Gasteiger partial charge in [0.2, 0.25) is 0 Å². The number of carbonyl (C=O) groups excluding carboxylic acids is 1. The van der Waals surface area contributed by atoms with Crippen LogP contribution in [0.15, 0.2) is 0 Å². The molecular formula is C12H26O3Si. The number of hydrogen-bond donors (Lipinski definition) is 0. The van der Waals surface area contributed by atoms with Crippen molar-refractivity contribution in [3.63, 3.8) is 0 Å². The highest BCUT2D eigenvalue weighted by Crippen LogP contribution is 2.22. The molecule has 0 heterocycles. The van der Waals surface area contributed by atoms with Crippen LogP contribution >= 0.6 is 0 Å². The maximum Gasteiger partial charge on any atom is 0.341 e. The Balaban J connectivity index is 3.83. The molecule has 0 aliphatic heterocycles. The van der Waals surface area contributed by atoms with E-state index in [1.54, 1.807) is 0 Å². The van der Waals surface area contributed by atoms with Gasteiger partial charge in [-0.25, -0.2) is 4.79 Å². The molecule has 0 saturated carbocycles. The van der Waals surface area contributed by atoms with Crippen LogP contribution in [0.4, 0.5) is 0 Å². The monoisotopic (exact) mass is 246 g/mol. The molecule has 96 valence electrons. The molecule has 0 amide bonds. The molecule has 3 nitrogen and oxygen atoms in total. The van der Waals surface area contributed by atoms with Gasteiger partial charge in [-0.3, -0.25) is 4.89 Å². The van der Waals surface area contributed by atoms with E-state index >= 15 is 0 Å². The third kappa shape index (κ3) is 7.88. The molecule has 2 atom stereocenters. The van der Waals surface area contributed by atoms with E-state index in [9.17, 15) is 4.79 Å². The quantitative estimate of drug-likeness (QED) is 0.410. The molecule has 0 aromatic heterocycles. The summed E-state index contributed by atoms with van der Waals surface area (Å²) in [5.41, 5.74) is 0.252. The molecule has 0 aliphatic rings. The standard InChI is InChI=1S/C12H26O3Si/c1-6-7-10(16)11(13)15-14-9(2)8-12(3,4)5/h9-10H,6-8H2,1-5,16H3. The maximum atomic E-state index is 11.5. The van der Waals surface area contributed by atoms with Gasteiger partial charge in [0.15, 0.2) is 0 Å². The second-order valence-electron chi connectivity index (χ2n) is 5.76. The molecule has 2 unspecified atom stereocenters. The fourth-order valence-electron chi connectivity index (χ4n) is 1.66. The van der Waals surface area contributed by atoms with Crippen molar-refractivity contribution < 1.29 is 14.6 Å². The van der Waals surface area contributed by atoms with Crippen molar-refractivity contribution in [2.75, 3.05) is 0 Å². The summed E-state index contributed by atoms with van der Waals surface area (Å²) >= 11 is 0. The van der Waals surface area contributed by atoms with E-state index in [4.69, 9.17) is 9.78 Å². The van der Waals surface area contributed by atoms with Crippen LogP contribution in [0.5, 0.6) is 0 Å². The number of hydrogen-bond acceptors (Lipinski definition) is 3. The van der Waals surface area contributed by atoms with Crippen molar-refractivity contribution in [1.29, 1.82) is 0 Å². The zero-order valence-corrected chi connectivity index (χ0v) is 13.5. The third-order valence-corrected chi connectivity index (χ3v) is 3.37. The second kappa shape index (κ2) is 7.07. The van der Waals surface area contributed by atoms with Crippen LogP contribution in [-0.4, -0.2) is 22.3 Å². The first-order chi connectivity index (χ1) is 7.26. The average Bonchev–Trinajstić information content (AvgIpc) is 2.11. The summed E-state index contributed by atoms with van der Waals surface area (Å²) in [6.45, 7) is 10.4. The number of rotatable bonds is 6. The van der Waals surface area contributed by atoms with Gasteiger partial charge in [0.05, 0.1) is 0 Å². The Morgan fingerprint density at radius 1 is 1.38 bits per heavy atom. The summed E-state index contributed by atoms with van der Waals surface area (Å²) in [4.78, 5) is 21.5. The Hall–Kier alpha value is -0.353. The Morgan fingerprint density at radius 2 is 1.94 bits per heavy atom. The first kappa shape index (κ1) is 15.6. The Labute approximate surface area is 102 Å². The lowest BCUT2D eigenvalue weighted by Crippen LogP contribution is -2.21. The highest BCUT2D eigenvalue weighted by molar-refractivity contribution is 6.22. The normalized spacial score (nSPS) is 15.8. The van der Waals surface area contributed by atoms with Gasteiger partial charge >= 0.3 is 5.97 Å². The van der Waals surface area contributed by atoms with Gasteiger partial charge in [-0.1, -0.05) is 34.1 Å². The van der Waals surface area contributed by atoms with Gasteiger partial charge in [0.1, 0.15) is 6.10 Å². The lowest BCUT2D eigenvalue weighted by atomic mass is 9.90. The molecule has 0 fully saturated rings. The van der Waals surface area contributed by atoms with Crippen LogP contribution in [0.3, 0.4) is 0 Å². The Kier molecular flexibility index (Phi) is 6.91. The molecule has 4 heteroatoms. The summed E-state index contributed by atoms with van der Waals surface area (Å²) < 4.78 is 0. The molecule has 0 aliphatic carbocycles. The van der Waals surface area contributed by atoms with E-state index in [0.717, 1.165) is 29.5 Å². The van der Waals surface area contributed by atoms with Crippen LogP contribution in [-0.2, 0) is 14.6 Å². The third-order valence-electron chi connectivity index (χ3n) is 2.32. The van der Waals surface area contributed by atoms with Gasteiger partial charge in [0, 0.05) is 15.8 Å². The Morgan fingerprint density at radius 3 is 2.38 bits per heavy atom. The van der Waals surface area contributed by atoms with Gasteiger partial charge < -0.3 is 0 Å². The molecule has 0 spiro atoms. The second-order valence-corrected chi connectivity index (χ2v) is 7.16. The molecule has 0 N–H and O–H groups in total. The minimum atomic E-state index is -0.200. The molecule has 0 rings (SSSR count). The SMILES string of the molecule is CCCC([SiH3])C(=O)OOC(C)CC(C)(C)C. The summed E-state index contributed by atoms with van der Waals surface area (Å²) in [6, 6.07) is 0. The molecular weight excluding hydrogens is 220 g/mol. The number of carbonyl (C=O) groups is 1. The predicted molar refractivity (Wildman–Crippen MR) is 69.3 cm³/mol. The van der Waals surface area contributed by atoms with Crippen LogP contribution < -0.4 is 0 Å². The summed E-state index contributed by atoms with van der Waals surface area (Å²) in [5.74, 6) is -0.200. The fourth-order valence-corrected chi connectivity index (χ4v) is 2.33. The molecule has 0 radical (unpaired) electrons. The van der Waals surface area contributed by atoms with Gasteiger partial charge in [-0.15, -0.1) is 0 Å². The van der Waals surface area contributed by atoms with E-state index in [1.165, 1.54) is 0 Å². The zero-order valence-electron chi connectivity index (χ0n) is 11.5. The van der Waals surface area contributed by atoms with Crippen LogP contribution in [0, 0.1) is 5.41 Å². The first-order valence-electron chi connectivity index (χ1n) is 6.13. The Bertz CT molecular complexity index is 211. The fraction of sp³-hybridized carbons (Fsp3) is 0.917. The van der Waals surface area contributed by atoms with Crippen molar-refractivity contribution in [1.82, 2.24) is 0 Å². The van der Waals surface area contributed by atoms with Crippen LogP contribution in [0.2, 0.25) is 5.54 Å². The van der Waals surface area contributed by atoms with Gasteiger partial charge in [-0.05, 0) is 25.2 Å². The molecule has 16 heavy (non-hydrogen) atoms. The van der Waals surface area contributed by atoms with E-state index in [-0.39, 0.29) is 23.0 Å². The van der Waals surface area contributed by atoms with Crippen molar-refractivity contribution in [3.8, 4) is 0 Å². The van der Waals surface area contributed by atoms with Gasteiger partial charge in [0.25, 0.3) is 0 Å². The van der Waals surface area contributed by atoms with Crippen LogP contribution in [0.25, 0.3) is 0 Å². The van der Waals surface area contributed by atoms with Crippen molar-refractivity contribution in [2.45, 2.75) is 65.5 Å². The van der Waals surface area contributed by atoms with Crippen molar-refractivity contribution in [3.05, 3.63) is 0 Å². The highest BCUT2D eigenvalue weighted by atomic mass is 28.1.